The van der Waals surface area contributed by atoms with Crippen LogP contribution in [0.25, 0.3) is 0 Å². The summed E-state index contributed by atoms with van der Waals surface area (Å²) < 4.78 is 5.53. The van der Waals surface area contributed by atoms with Gasteiger partial charge < -0.3 is 15.0 Å². The zero-order valence-corrected chi connectivity index (χ0v) is 16.5. The van der Waals surface area contributed by atoms with Gasteiger partial charge in [-0.3, -0.25) is 0 Å². The first kappa shape index (κ1) is 19.8. The lowest BCUT2D eigenvalue weighted by atomic mass is 9.91. The molecule has 0 aliphatic carbocycles. The van der Waals surface area contributed by atoms with Gasteiger partial charge in [0.15, 0.2) is 0 Å². The minimum atomic E-state index is -0.434. The maximum atomic E-state index is 12.3. The number of amides is 1. The predicted octanol–water partition coefficient (Wildman–Crippen LogP) is 4.16. The Morgan fingerprint density at radius 1 is 1.36 bits per heavy atom. The minimum absolute atomic E-state index is 0.180. The maximum absolute atomic E-state index is 12.3. The third-order valence-corrected chi connectivity index (χ3v) is 4.80. The first-order valence-electron chi connectivity index (χ1n) is 9.56. The fourth-order valence-corrected chi connectivity index (χ4v) is 3.42. The predicted molar refractivity (Wildman–Crippen MR) is 103 cm³/mol. The highest BCUT2D eigenvalue weighted by molar-refractivity contribution is 5.68. The van der Waals surface area contributed by atoms with E-state index in [9.17, 15) is 4.79 Å². The standard InChI is InChI=1S/C21H34N2O2/c1-6-12-22-19(14-17-10-8-7-9-16(17)2)18-11-13-23(15-18)20(24)25-21(3,4)5/h7-10,18-19,22H,6,11-15H2,1-5H3. The summed E-state index contributed by atoms with van der Waals surface area (Å²) in [6, 6.07) is 8.99. The number of hydrogen-bond donors (Lipinski definition) is 1. The Balaban J connectivity index is 2.01. The van der Waals surface area contributed by atoms with Crippen LogP contribution in [0.4, 0.5) is 4.79 Å². The van der Waals surface area contributed by atoms with Gasteiger partial charge in [0.05, 0.1) is 0 Å². The molecule has 0 spiro atoms. The van der Waals surface area contributed by atoms with Crippen LogP contribution in [0.15, 0.2) is 24.3 Å². The Morgan fingerprint density at radius 2 is 2.08 bits per heavy atom. The second kappa shape index (κ2) is 8.70. The molecule has 4 heteroatoms. The van der Waals surface area contributed by atoms with E-state index in [0.717, 1.165) is 38.9 Å². The van der Waals surface area contributed by atoms with E-state index in [4.69, 9.17) is 4.74 Å². The smallest absolute Gasteiger partial charge is 0.410 e. The van der Waals surface area contributed by atoms with E-state index < -0.39 is 5.60 Å². The number of likely N-dealkylation sites (tertiary alicyclic amines) is 1. The van der Waals surface area contributed by atoms with Gasteiger partial charge in [0, 0.05) is 19.1 Å². The normalized spacial score (nSPS) is 19.1. The Kier molecular flexibility index (Phi) is 6.88. The molecule has 1 fully saturated rings. The molecule has 2 rings (SSSR count). The van der Waals surface area contributed by atoms with E-state index in [0.29, 0.717) is 12.0 Å². The first-order chi connectivity index (χ1) is 11.8. The zero-order chi connectivity index (χ0) is 18.4. The van der Waals surface area contributed by atoms with Gasteiger partial charge in [-0.05, 0) is 70.5 Å². The molecule has 0 saturated carbocycles. The number of carbonyl (C=O) groups excluding carboxylic acids is 1. The van der Waals surface area contributed by atoms with Gasteiger partial charge in [0.1, 0.15) is 5.60 Å². The molecular weight excluding hydrogens is 312 g/mol. The molecule has 140 valence electrons. The van der Waals surface area contributed by atoms with E-state index in [1.165, 1.54) is 11.1 Å². The number of ether oxygens (including phenoxy) is 1. The Morgan fingerprint density at radius 3 is 2.72 bits per heavy atom. The molecular formula is C21H34N2O2. The molecule has 0 radical (unpaired) electrons. The van der Waals surface area contributed by atoms with Crippen molar-refractivity contribution < 1.29 is 9.53 Å². The van der Waals surface area contributed by atoms with Crippen LogP contribution in [0.2, 0.25) is 0 Å². The van der Waals surface area contributed by atoms with E-state index in [1.807, 2.05) is 25.7 Å². The highest BCUT2D eigenvalue weighted by Gasteiger charge is 2.33. The summed E-state index contributed by atoms with van der Waals surface area (Å²) in [4.78, 5) is 14.2. The molecule has 25 heavy (non-hydrogen) atoms. The number of nitrogens with one attached hydrogen (secondary N) is 1. The highest BCUT2D eigenvalue weighted by atomic mass is 16.6. The number of aryl methyl sites for hydroxylation is 1. The Hall–Kier alpha value is -1.55. The fourth-order valence-electron chi connectivity index (χ4n) is 3.42. The summed E-state index contributed by atoms with van der Waals surface area (Å²) in [7, 11) is 0. The molecule has 2 unspecified atom stereocenters. The molecule has 2 atom stereocenters. The monoisotopic (exact) mass is 346 g/mol. The average Bonchev–Trinajstić information content (AvgIpc) is 3.01. The van der Waals surface area contributed by atoms with Crippen LogP contribution in [0.1, 0.15) is 51.7 Å². The van der Waals surface area contributed by atoms with Crippen LogP contribution in [0.5, 0.6) is 0 Å². The van der Waals surface area contributed by atoms with Crippen LogP contribution in [0, 0.1) is 12.8 Å². The van der Waals surface area contributed by atoms with Crippen LogP contribution in [0.3, 0.4) is 0 Å². The summed E-state index contributed by atoms with van der Waals surface area (Å²) in [5, 5.41) is 3.72. The van der Waals surface area contributed by atoms with Crippen molar-refractivity contribution in [2.24, 2.45) is 5.92 Å². The number of benzene rings is 1. The molecule has 0 aromatic heterocycles. The number of hydrogen-bond acceptors (Lipinski definition) is 3. The molecule has 1 aromatic carbocycles. The van der Waals surface area contributed by atoms with Crippen molar-refractivity contribution in [2.45, 2.75) is 65.5 Å². The van der Waals surface area contributed by atoms with Crippen LogP contribution < -0.4 is 5.32 Å². The van der Waals surface area contributed by atoms with Crippen molar-refractivity contribution in [1.82, 2.24) is 10.2 Å². The molecule has 0 bridgehead atoms. The molecule has 1 N–H and O–H groups in total. The van der Waals surface area contributed by atoms with E-state index in [-0.39, 0.29) is 6.09 Å². The average molecular weight is 347 g/mol. The summed E-state index contributed by atoms with van der Waals surface area (Å²) in [5.41, 5.74) is 2.30. The van der Waals surface area contributed by atoms with Crippen molar-refractivity contribution in [3.63, 3.8) is 0 Å². The summed E-state index contributed by atoms with van der Waals surface area (Å²) in [6.07, 6.45) is 2.99. The van der Waals surface area contributed by atoms with Gasteiger partial charge in [-0.2, -0.15) is 0 Å². The lowest BCUT2D eigenvalue weighted by Crippen LogP contribution is -2.41. The Bertz CT molecular complexity index is 565. The van der Waals surface area contributed by atoms with Crippen molar-refractivity contribution in [2.75, 3.05) is 19.6 Å². The van der Waals surface area contributed by atoms with Gasteiger partial charge in [-0.25, -0.2) is 4.79 Å². The van der Waals surface area contributed by atoms with Gasteiger partial charge in [0.25, 0.3) is 0 Å². The first-order valence-corrected chi connectivity index (χ1v) is 9.56. The molecule has 1 saturated heterocycles. The lowest BCUT2D eigenvalue weighted by Gasteiger charge is -2.27. The van der Waals surface area contributed by atoms with E-state index >= 15 is 0 Å². The van der Waals surface area contributed by atoms with Gasteiger partial charge >= 0.3 is 6.09 Å². The van der Waals surface area contributed by atoms with Crippen LogP contribution >= 0.6 is 0 Å². The van der Waals surface area contributed by atoms with Crippen molar-refractivity contribution in [3.8, 4) is 0 Å². The van der Waals surface area contributed by atoms with E-state index in [1.54, 1.807) is 0 Å². The van der Waals surface area contributed by atoms with Crippen LogP contribution in [-0.2, 0) is 11.2 Å². The van der Waals surface area contributed by atoms with Crippen molar-refractivity contribution >= 4 is 6.09 Å². The minimum Gasteiger partial charge on any atom is -0.444 e. The zero-order valence-electron chi connectivity index (χ0n) is 16.5. The maximum Gasteiger partial charge on any atom is 0.410 e. The van der Waals surface area contributed by atoms with Crippen molar-refractivity contribution in [3.05, 3.63) is 35.4 Å². The second-order valence-electron chi connectivity index (χ2n) is 8.17. The summed E-state index contributed by atoms with van der Waals surface area (Å²) in [6.45, 7) is 12.7. The van der Waals surface area contributed by atoms with E-state index in [2.05, 4.69) is 43.4 Å². The summed E-state index contributed by atoms with van der Waals surface area (Å²) in [5.74, 6) is 0.471. The molecule has 1 amide bonds. The van der Waals surface area contributed by atoms with Gasteiger partial charge in [-0.1, -0.05) is 31.2 Å². The third kappa shape index (κ3) is 6.03. The molecule has 1 aliphatic heterocycles. The number of rotatable bonds is 6. The summed E-state index contributed by atoms with van der Waals surface area (Å²) >= 11 is 0. The lowest BCUT2D eigenvalue weighted by molar-refractivity contribution is 0.0285. The molecule has 1 heterocycles. The van der Waals surface area contributed by atoms with Crippen molar-refractivity contribution in [1.29, 1.82) is 0 Å². The largest absolute Gasteiger partial charge is 0.444 e. The quantitative estimate of drug-likeness (QED) is 0.841. The molecule has 4 nitrogen and oxygen atoms in total. The van der Waals surface area contributed by atoms with Crippen LogP contribution in [-0.4, -0.2) is 42.3 Å². The number of carbonyl (C=O) groups is 1. The topological polar surface area (TPSA) is 41.6 Å². The van der Waals surface area contributed by atoms with Gasteiger partial charge in [0.2, 0.25) is 0 Å². The third-order valence-electron chi connectivity index (χ3n) is 4.80. The molecule has 1 aliphatic rings. The number of nitrogens with zero attached hydrogens (tertiary/aromatic N) is 1. The SMILES string of the molecule is CCCNC(Cc1ccccc1C)C1CCN(C(=O)OC(C)(C)C)C1. The Labute approximate surface area is 152 Å². The second-order valence-corrected chi connectivity index (χ2v) is 8.17. The fraction of sp³-hybridized carbons (Fsp3) is 0.667. The molecule has 1 aromatic rings. The highest BCUT2D eigenvalue weighted by Crippen LogP contribution is 2.25. The van der Waals surface area contributed by atoms with Gasteiger partial charge in [-0.15, -0.1) is 0 Å².